The summed E-state index contributed by atoms with van der Waals surface area (Å²) in [7, 11) is 1.41. The van der Waals surface area contributed by atoms with E-state index in [1.165, 1.54) is 23.8 Å². The fourth-order valence-electron chi connectivity index (χ4n) is 5.54. The molecule has 2 heterocycles. The van der Waals surface area contributed by atoms with Crippen molar-refractivity contribution in [1.82, 2.24) is 0 Å². The lowest BCUT2D eigenvalue weighted by molar-refractivity contribution is -0.149. The highest BCUT2D eigenvalue weighted by molar-refractivity contribution is 5.77. The van der Waals surface area contributed by atoms with Crippen LogP contribution in [-0.4, -0.2) is 32.3 Å². The van der Waals surface area contributed by atoms with Gasteiger partial charge in [0.05, 0.1) is 24.4 Å². The molecule has 1 atom stereocenters. The molecule has 2 aromatic rings. The molecule has 6 heteroatoms. The standard InChI is InChI=1S/C28H32O6/c1-16-9-21-13-28(14-32-24(21)10-17(16)2)15-33-25-11-18(3)23(12-22(25)28)34-27(30)20-7-5-19(6-8-20)26(29)31-4/h9-12,19-20H,5-8,13-15H2,1-4H3. The summed E-state index contributed by atoms with van der Waals surface area (Å²) in [4.78, 5) is 24.8. The average Bonchev–Trinajstić information content (AvgIpc) is 3.16. The molecule has 1 aliphatic carbocycles. The largest absolute Gasteiger partial charge is 0.492 e. The maximum atomic E-state index is 13.0. The summed E-state index contributed by atoms with van der Waals surface area (Å²) in [5, 5.41) is 0. The van der Waals surface area contributed by atoms with Crippen LogP contribution in [0.15, 0.2) is 24.3 Å². The summed E-state index contributed by atoms with van der Waals surface area (Å²) in [6.07, 6.45) is 3.41. The van der Waals surface area contributed by atoms with Gasteiger partial charge in [-0.25, -0.2) is 0 Å². The smallest absolute Gasteiger partial charge is 0.314 e. The molecule has 5 rings (SSSR count). The summed E-state index contributed by atoms with van der Waals surface area (Å²) >= 11 is 0. The molecule has 0 amide bonds. The van der Waals surface area contributed by atoms with E-state index < -0.39 is 0 Å². The third-order valence-electron chi connectivity index (χ3n) is 7.87. The van der Waals surface area contributed by atoms with Crippen LogP contribution in [0, 0.1) is 32.6 Å². The second-order valence-corrected chi connectivity index (χ2v) is 10.2. The van der Waals surface area contributed by atoms with E-state index in [4.69, 9.17) is 18.9 Å². The van der Waals surface area contributed by atoms with Gasteiger partial charge in [0.2, 0.25) is 0 Å². The Balaban J connectivity index is 1.35. The van der Waals surface area contributed by atoms with Crippen molar-refractivity contribution in [2.45, 2.75) is 58.3 Å². The van der Waals surface area contributed by atoms with Crippen molar-refractivity contribution in [3.63, 3.8) is 0 Å². The maximum absolute atomic E-state index is 13.0. The number of ether oxygens (including phenoxy) is 4. The number of hydrogen-bond donors (Lipinski definition) is 0. The Hall–Kier alpha value is -3.02. The molecule has 1 fully saturated rings. The van der Waals surface area contributed by atoms with Crippen LogP contribution in [0.25, 0.3) is 0 Å². The number of carbonyl (C=O) groups excluding carboxylic acids is 2. The van der Waals surface area contributed by atoms with Crippen LogP contribution in [0.4, 0.5) is 0 Å². The Labute approximate surface area is 200 Å². The number of hydrogen-bond acceptors (Lipinski definition) is 6. The van der Waals surface area contributed by atoms with Crippen LogP contribution in [-0.2, 0) is 26.2 Å². The minimum atomic E-state index is -0.294. The van der Waals surface area contributed by atoms with E-state index in [2.05, 4.69) is 26.0 Å². The predicted molar refractivity (Wildman–Crippen MR) is 127 cm³/mol. The number of methoxy groups -OCH3 is 1. The number of benzene rings is 2. The van der Waals surface area contributed by atoms with Gasteiger partial charge in [-0.05, 0) is 93.3 Å². The van der Waals surface area contributed by atoms with Crippen LogP contribution in [0.2, 0.25) is 0 Å². The van der Waals surface area contributed by atoms with E-state index >= 15 is 0 Å². The Morgan fingerprint density at radius 2 is 1.41 bits per heavy atom. The maximum Gasteiger partial charge on any atom is 0.314 e. The van der Waals surface area contributed by atoms with E-state index in [-0.39, 0.29) is 29.2 Å². The van der Waals surface area contributed by atoms with Gasteiger partial charge in [-0.1, -0.05) is 6.07 Å². The molecule has 1 saturated carbocycles. The van der Waals surface area contributed by atoms with Crippen LogP contribution >= 0.6 is 0 Å². The lowest BCUT2D eigenvalue weighted by Crippen LogP contribution is -2.40. The van der Waals surface area contributed by atoms with E-state index in [0.717, 1.165) is 29.0 Å². The molecule has 2 aromatic carbocycles. The molecule has 2 aliphatic heterocycles. The second kappa shape index (κ2) is 8.64. The van der Waals surface area contributed by atoms with Crippen molar-refractivity contribution in [2.75, 3.05) is 20.3 Å². The molecule has 180 valence electrons. The van der Waals surface area contributed by atoms with Gasteiger partial charge < -0.3 is 18.9 Å². The van der Waals surface area contributed by atoms with Crippen LogP contribution < -0.4 is 14.2 Å². The third-order valence-corrected chi connectivity index (χ3v) is 7.87. The molecule has 34 heavy (non-hydrogen) atoms. The zero-order valence-corrected chi connectivity index (χ0v) is 20.4. The Bertz CT molecular complexity index is 1140. The number of aryl methyl sites for hydroxylation is 3. The molecule has 0 aromatic heterocycles. The minimum Gasteiger partial charge on any atom is -0.492 e. The Kier molecular flexibility index (Phi) is 5.78. The van der Waals surface area contributed by atoms with Crippen molar-refractivity contribution in [2.24, 2.45) is 11.8 Å². The van der Waals surface area contributed by atoms with E-state index in [1.54, 1.807) is 0 Å². The molecule has 0 bridgehead atoms. The molecule has 1 spiro atoms. The van der Waals surface area contributed by atoms with E-state index in [1.807, 2.05) is 19.1 Å². The first-order chi connectivity index (χ1) is 16.3. The van der Waals surface area contributed by atoms with Crippen LogP contribution in [0.3, 0.4) is 0 Å². The predicted octanol–water partition coefficient (Wildman–Crippen LogP) is 4.76. The van der Waals surface area contributed by atoms with Gasteiger partial charge in [-0.3, -0.25) is 9.59 Å². The first-order valence-electron chi connectivity index (χ1n) is 12.1. The van der Waals surface area contributed by atoms with Gasteiger partial charge in [0.15, 0.2) is 0 Å². The van der Waals surface area contributed by atoms with Crippen LogP contribution in [0.1, 0.15) is 53.5 Å². The normalized spacial score (nSPS) is 25.1. The van der Waals surface area contributed by atoms with Crippen LogP contribution in [0.5, 0.6) is 17.2 Å². The highest BCUT2D eigenvalue weighted by Gasteiger charge is 2.45. The van der Waals surface area contributed by atoms with Gasteiger partial charge in [0, 0.05) is 5.56 Å². The monoisotopic (exact) mass is 464 g/mol. The molecule has 1 unspecified atom stereocenters. The SMILES string of the molecule is COC(=O)C1CCC(C(=O)Oc2cc3c(cc2C)OCC32COc3cc(C)c(C)cc3C2)CC1. The zero-order chi connectivity index (χ0) is 24.0. The lowest BCUT2D eigenvalue weighted by atomic mass is 9.75. The first-order valence-corrected chi connectivity index (χ1v) is 12.1. The van der Waals surface area contributed by atoms with Crippen molar-refractivity contribution in [1.29, 1.82) is 0 Å². The van der Waals surface area contributed by atoms with Gasteiger partial charge in [0.25, 0.3) is 0 Å². The summed E-state index contributed by atoms with van der Waals surface area (Å²) in [5.74, 6) is 1.64. The summed E-state index contributed by atoms with van der Waals surface area (Å²) in [5.41, 5.74) is 5.28. The topological polar surface area (TPSA) is 71.1 Å². The lowest BCUT2D eigenvalue weighted by Gasteiger charge is -2.34. The van der Waals surface area contributed by atoms with Gasteiger partial charge in [-0.15, -0.1) is 0 Å². The first kappa shape index (κ1) is 22.8. The van der Waals surface area contributed by atoms with Gasteiger partial charge in [-0.2, -0.15) is 0 Å². The molecular weight excluding hydrogens is 432 g/mol. The van der Waals surface area contributed by atoms with Crippen molar-refractivity contribution in [3.8, 4) is 17.2 Å². The zero-order valence-electron chi connectivity index (χ0n) is 20.4. The molecular formula is C28H32O6. The Morgan fingerprint density at radius 1 is 0.824 bits per heavy atom. The number of fused-ring (bicyclic) bond motifs is 3. The minimum absolute atomic E-state index is 0.116. The number of rotatable bonds is 3. The van der Waals surface area contributed by atoms with Crippen molar-refractivity contribution in [3.05, 3.63) is 52.1 Å². The van der Waals surface area contributed by atoms with E-state index in [9.17, 15) is 9.59 Å². The summed E-state index contributed by atoms with van der Waals surface area (Å²) < 4.78 is 23.1. The molecule has 0 saturated heterocycles. The fourth-order valence-corrected chi connectivity index (χ4v) is 5.54. The van der Waals surface area contributed by atoms with Crippen molar-refractivity contribution < 1.29 is 28.5 Å². The fraction of sp³-hybridized carbons (Fsp3) is 0.500. The summed E-state index contributed by atoms with van der Waals surface area (Å²) in [6, 6.07) is 8.27. The van der Waals surface area contributed by atoms with E-state index in [0.29, 0.717) is 44.6 Å². The average molecular weight is 465 g/mol. The quantitative estimate of drug-likeness (QED) is 0.482. The summed E-state index contributed by atoms with van der Waals surface area (Å²) in [6.45, 7) is 7.23. The highest BCUT2D eigenvalue weighted by atomic mass is 16.5. The van der Waals surface area contributed by atoms with Gasteiger partial charge >= 0.3 is 11.9 Å². The second-order valence-electron chi connectivity index (χ2n) is 10.2. The molecule has 6 nitrogen and oxygen atoms in total. The number of esters is 2. The van der Waals surface area contributed by atoms with Gasteiger partial charge in [0.1, 0.15) is 30.5 Å². The molecule has 0 radical (unpaired) electrons. The third kappa shape index (κ3) is 3.93. The molecule has 0 N–H and O–H groups in total. The van der Waals surface area contributed by atoms with Crippen molar-refractivity contribution >= 4 is 11.9 Å². The molecule has 3 aliphatic rings. The number of carbonyl (C=O) groups is 2. The Morgan fingerprint density at radius 3 is 2.09 bits per heavy atom. The highest BCUT2D eigenvalue weighted by Crippen LogP contribution is 2.48.